The molecule has 0 spiro atoms. The lowest BCUT2D eigenvalue weighted by molar-refractivity contribution is 0.284. The molecule has 4 aromatic rings. The van der Waals surface area contributed by atoms with E-state index in [1.165, 1.54) is 5.56 Å². The molecule has 0 saturated heterocycles. The number of aromatic hydroxyl groups is 1. The Morgan fingerprint density at radius 2 is 1.59 bits per heavy atom. The van der Waals surface area contributed by atoms with E-state index in [1.807, 2.05) is 24.3 Å². The predicted octanol–water partition coefficient (Wildman–Crippen LogP) is 4.85. The number of fused-ring (bicyclic) bond motifs is 1. The van der Waals surface area contributed by atoms with E-state index in [4.69, 9.17) is 0 Å². The second-order valence-electron chi connectivity index (χ2n) is 9.01. The molecule has 2 aromatic heterocycles. The molecule has 3 N–H and O–H groups in total. The Morgan fingerprint density at radius 3 is 2.21 bits per heavy atom. The van der Waals surface area contributed by atoms with E-state index in [2.05, 4.69) is 71.5 Å². The summed E-state index contributed by atoms with van der Waals surface area (Å²) in [4.78, 5) is 0. The molecule has 7 nitrogen and oxygen atoms in total. The predicted molar refractivity (Wildman–Crippen MR) is 114 cm³/mol. The van der Waals surface area contributed by atoms with Gasteiger partial charge in [0.1, 0.15) is 16.8 Å². The Kier molecular flexibility index (Phi) is 5.68. The third-order valence-electron chi connectivity index (χ3n) is 4.72. The molecule has 0 atom stereocenters. The molecule has 0 amide bonds. The van der Waals surface area contributed by atoms with E-state index in [-0.39, 0.29) is 16.6 Å². The van der Waals surface area contributed by atoms with Crippen LogP contribution in [0.5, 0.6) is 5.75 Å². The summed E-state index contributed by atoms with van der Waals surface area (Å²) in [6, 6.07) is 11.7. The van der Waals surface area contributed by atoms with Crippen LogP contribution in [-0.2, 0) is 5.41 Å². The number of H-pyrrole nitrogens is 2. The van der Waals surface area contributed by atoms with Gasteiger partial charge in [0.25, 0.3) is 0 Å². The smallest absolute Gasteiger partial charge is 0.123 e. The van der Waals surface area contributed by atoms with Gasteiger partial charge in [0.15, 0.2) is 0 Å². The average Bonchev–Trinajstić information content (AvgIpc) is 3.34. The van der Waals surface area contributed by atoms with Crippen molar-refractivity contribution in [3.05, 3.63) is 54.4 Å². The molecule has 152 valence electrons. The van der Waals surface area contributed by atoms with E-state index in [1.54, 1.807) is 18.5 Å². The third-order valence-corrected chi connectivity index (χ3v) is 4.72. The highest BCUT2D eigenvalue weighted by Crippen LogP contribution is 2.40. The first-order valence-electron chi connectivity index (χ1n) is 9.60. The molecule has 0 aliphatic rings. The second-order valence-corrected chi connectivity index (χ2v) is 9.01. The van der Waals surface area contributed by atoms with Crippen molar-refractivity contribution in [1.29, 1.82) is 0 Å². The lowest BCUT2D eigenvalue weighted by Crippen LogP contribution is -2.24. The summed E-state index contributed by atoms with van der Waals surface area (Å²) < 4.78 is 0. The van der Waals surface area contributed by atoms with Gasteiger partial charge < -0.3 is 5.11 Å². The number of phenolic OH excluding ortho intramolecular Hbond substituents is 1. The summed E-state index contributed by atoms with van der Waals surface area (Å²) in [6.45, 7) is 11.3. The van der Waals surface area contributed by atoms with Crippen molar-refractivity contribution in [2.24, 2.45) is 5.41 Å². The second kappa shape index (κ2) is 8.03. The summed E-state index contributed by atoms with van der Waals surface area (Å²) in [5.74, 6) is 0.265. The quantitative estimate of drug-likeness (QED) is 0.462. The molecule has 2 aromatic carbocycles. The van der Waals surface area contributed by atoms with Gasteiger partial charge in [-0.1, -0.05) is 52.8 Å². The van der Waals surface area contributed by atoms with Crippen molar-refractivity contribution in [3.8, 4) is 16.9 Å². The Hall–Kier alpha value is -3.22. The van der Waals surface area contributed by atoms with Gasteiger partial charge in [-0.3, -0.25) is 0 Å². The number of phenols is 1. The van der Waals surface area contributed by atoms with Gasteiger partial charge in [-0.15, -0.1) is 0 Å². The van der Waals surface area contributed by atoms with Gasteiger partial charge >= 0.3 is 0 Å². The summed E-state index contributed by atoms with van der Waals surface area (Å²) in [5, 5.41) is 30.8. The maximum absolute atomic E-state index is 10.4. The van der Waals surface area contributed by atoms with Crippen molar-refractivity contribution in [2.45, 2.75) is 46.5 Å². The van der Waals surface area contributed by atoms with E-state index >= 15 is 0 Å². The molecular formula is C22H28N6O. The van der Waals surface area contributed by atoms with Gasteiger partial charge in [0.2, 0.25) is 0 Å². The molecule has 0 bridgehead atoms. The van der Waals surface area contributed by atoms with Gasteiger partial charge in [-0.05, 0) is 41.0 Å². The van der Waals surface area contributed by atoms with E-state index in [0.29, 0.717) is 0 Å². The van der Waals surface area contributed by atoms with Crippen LogP contribution < -0.4 is 0 Å². The highest BCUT2D eigenvalue weighted by Gasteiger charge is 2.28. The number of para-hydroxylation sites is 1. The topological polar surface area (TPSA) is 103 Å². The molecule has 0 radical (unpaired) electrons. The van der Waals surface area contributed by atoms with Crippen molar-refractivity contribution < 1.29 is 5.11 Å². The third kappa shape index (κ3) is 4.99. The lowest BCUT2D eigenvalue weighted by Gasteiger charge is -2.33. The van der Waals surface area contributed by atoms with Crippen LogP contribution in [0, 0.1) is 5.41 Å². The van der Waals surface area contributed by atoms with E-state index in [9.17, 15) is 5.11 Å². The van der Waals surface area contributed by atoms with E-state index < -0.39 is 0 Å². The maximum atomic E-state index is 10.4. The molecule has 7 heteroatoms. The van der Waals surface area contributed by atoms with Crippen molar-refractivity contribution >= 4 is 11.0 Å². The Labute approximate surface area is 170 Å². The van der Waals surface area contributed by atoms with Crippen LogP contribution in [0.1, 0.15) is 46.6 Å². The van der Waals surface area contributed by atoms with Gasteiger partial charge in [-0.2, -0.15) is 30.8 Å². The highest BCUT2D eigenvalue weighted by atomic mass is 16.3. The fourth-order valence-corrected chi connectivity index (χ4v) is 3.85. The number of hydrogen-bond donors (Lipinski definition) is 3. The number of rotatable bonds is 3. The number of hydrogen-bond acceptors (Lipinski definition) is 5. The number of nitrogens with one attached hydrogen (secondary N) is 2. The average molecular weight is 393 g/mol. The van der Waals surface area contributed by atoms with Gasteiger partial charge in [-0.25, -0.2) is 0 Å². The monoisotopic (exact) mass is 392 g/mol. The van der Waals surface area contributed by atoms with Crippen LogP contribution in [-0.4, -0.2) is 35.9 Å². The zero-order valence-electron chi connectivity index (χ0n) is 17.6. The van der Waals surface area contributed by atoms with Crippen LogP contribution >= 0.6 is 0 Å². The standard InChI is InChI=1S/C20H25N3O.C2H3N3/c1-19(2,3)12-20(4,5)13-9-10-17(24)15(11-13)14-7-6-8-16-18(14)22-23-21-16;1-2-4-5-3-1/h6-11,24H,12H2,1-5H3,(H,21,22,23);1-2H,(H,3,4,5). The van der Waals surface area contributed by atoms with Crippen molar-refractivity contribution in [2.75, 3.05) is 0 Å². The minimum Gasteiger partial charge on any atom is -0.507 e. The van der Waals surface area contributed by atoms with Crippen LogP contribution in [0.2, 0.25) is 0 Å². The first-order chi connectivity index (χ1) is 13.7. The molecule has 2 heterocycles. The Morgan fingerprint density at radius 1 is 0.862 bits per heavy atom. The van der Waals surface area contributed by atoms with Gasteiger partial charge in [0.05, 0.1) is 12.4 Å². The summed E-state index contributed by atoms with van der Waals surface area (Å²) >= 11 is 0. The fraction of sp³-hybridized carbons (Fsp3) is 0.364. The minimum absolute atomic E-state index is 0.0123. The highest BCUT2D eigenvalue weighted by molar-refractivity contribution is 5.93. The van der Waals surface area contributed by atoms with Crippen LogP contribution in [0.15, 0.2) is 48.8 Å². The summed E-state index contributed by atoms with van der Waals surface area (Å²) in [5.41, 5.74) is 4.73. The maximum Gasteiger partial charge on any atom is 0.123 e. The lowest BCUT2D eigenvalue weighted by atomic mass is 9.72. The molecule has 0 saturated carbocycles. The molecule has 29 heavy (non-hydrogen) atoms. The first-order valence-corrected chi connectivity index (χ1v) is 9.60. The van der Waals surface area contributed by atoms with Gasteiger partial charge in [0, 0.05) is 11.1 Å². The van der Waals surface area contributed by atoms with Crippen LogP contribution in [0.4, 0.5) is 0 Å². The molecule has 0 aliphatic heterocycles. The van der Waals surface area contributed by atoms with Crippen molar-refractivity contribution in [1.82, 2.24) is 30.8 Å². The Bertz CT molecular complexity index is 1040. The first kappa shape index (κ1) is 20.5. The largest absolute Gasteiger partial charge is 0.507 e. The van der Waals surface area contributed by atoms with E-state index in [0.717, 1.165) is 28.6 Å². The molecule has 4 rings (SSSR count). The number of aromatic nitrogens is 6. The zero-order chi connectivity index (χ0) is 21.1. The van der Waals surface area contributed by atoms with Crippen LogP contribution in [0.3, 0.4) is 0 Å². The minimum atomic E-state index is 0.0123. The molecule has 0 aliphatic carbocycles. The number of nitrogens with zero attached hydrogens (tertiary/aromatic N) is 4. The number of aromatic amines is 2. The molecule has 0 fully saturated rings. The zero-order valence-corrected chi connectivity index (χ0v) is 17.6. The molecular weight excluding hydrogens is 364 g/mol. The van der Waals surface area contributed by atoms with Crippen LogP contribution in [0.25, 0.3) is 22.2 Å². The normalized spacial score (nSPS) is 11.9. The SMILES string of the molecule is CC(C)(C)CC(C)(C)c1ccc(O)c(-c2cccc3n[nH]nc23)c1.c1cn[nH]n1. The van der Waals surface area contributed by atoms with Crippen molar-refractivity contribution in [3.63, 3.8) is 0 Å². The molecule has 0 unspecified atom stereocenters. The Balaban J connectivity index is 0.000000419. The number of benzene rings is 2. The summed E-state index contributed by atoms with van der Waals surface area (Å²) in [6.07, 6.45) is 4.22. The fourth-order valence-electron chi connectivity index (χ4n) is 3.85. The summed E-state index contributed by atoms with van der Waals surface area (Å²) in [7, 11) is 0.